The molecule has 1 fully saturated rings. The molecule has 0 unspecified atom stereocenters. The molecule has 1 atom stereocenters. The molecule has 3 aromatic rings. The van der Waals surface area contributed by atoms with E-state index in [4.69, 9.17) is 4.74 Å². The van der Waals surface area contributed by atoms with Crippen LogP contribution in [0.5, 0.6) is 5.75 Å². The lowest BCUT2D eigenvalue weighted by Gasteiger charge is -2.33. The highest BCUT2D eigenvalue weighted by Crippen LogP contribution is 2.24. The number of hydrogen-bond donors (Lipinski definition) is 1. The average Bonchev–Trinajstić information content (AvgIpc) is 3.50. The van der Waals surface area contributed by atoms with Crippen LogP contribution >= 0.6 is 0 Å². The molecule has 0 aromatic heterocycles. The predicted octanol–water partition coefficient (Wildman–Crippen LogP) is 5.25. The molecule has 2 amide bonds. The van der Waals surface area contributed by atoms with Crippen LogP contribution < -0.4 is 14.4 Å². The third-order valence-electron chi connectivity index (χ3n) is 8.00. The van der Waals surface area contributed by atoms with Gasteiger partial charge in [-0.1, -0.05) is 73.5 Å². The first-order valence-corrected chi connectivity index (χ1v) is 16.8. The summed E-state index contributed by atoms with van der Waals surface area (Å²) in [6, 6.07) is 23.9. The summed E-state index contributed by atoms with van der Waals surface area (Å²) in [5.41, 5.74) is 3.24. The predicted molar refractivity (Wildman–Crippen MR) is 170 cm³/mol. The normalized spacial score (nSPS) is 14.2. The van der Waals surface area contributed by atoms with Gasteiger partial charge in [-0.05, 0) is 61.1 Å². The molecule has 0 bridgehead atoms. The van der Waals surface area contributed by atoms with E-state index < -0.39 is 16.1 Å². The van der Waals surface area contributed by atoms with Crippen molar-refractivity contribution in [3.05, 3.63) is 95.6 Å². The highest BCUT2D eigenvalue weighted by Gasteiger charge is 2.32. The van der Waals surface area contributed by atoms with Gasteiger partial charge in [0.2, 0.25) is 21.8 Å². The first kappa shape index (κ1) is 32.1. The fourth-order valence-electron chi connectivity index (χ4n) is 5.71. The van der Waals surface area contributed by atoms with E-state index in [9.17, 15) is 18.0 Å². The zero-order valence-electron chi connectivity index (χ0n) is 25.4. The number of ether oxygens (including phenoxy) is 1. The van der Waals surface area contributed by atoms with Gasteiger partial charge in [-0.25, -0.2) is 8.42 Å². The molecule has 0 spiro atoms. The van der Waals surface area contributed by atoms with Crippen LogP contribution in [0.4, 0.5) is 5.69 Å². The topological polar surface area (TPSA) is 96.0 Å². The van der Waals surface area contributed by atoms with Gasteiger partial charge in [0.15, 0.2) is 0 Å². The monoisotopic (exact) mass is 605 g/mol. The molecule has 4 rings (SSSR count). The van der Waals surface area contributed by atoms with Crippen molar-refractivity contribution in [1.29, 1.82) is 0 Å². The lowest BCUT2D eigenvalue weighted by molar-refractivity contribution is -0.141. The van der Waals surface area contributed by atoms with Crippen LogP contribution in [0.1, 0.15) is 55.2 Å². The quantitative estimate of drug-likeness (QED) is 0.271. The second-order valence-corrected chi connectivity index (χ2v) is 13.2. The van der Waals surface area contributed by atoms with Crippen LogP contribution in [0.2, 0.25) is 0 Å². The highest BCUT2D eigenvalue weighted by atomic mass is 32.2. The van der Waals surface area contributed by atoms with Crippen molar-refractivity contribution >= 4 is 27.5 Å². The van der Waals surface area contributed by atoms with E-state index in [1.165, 1.54) is 10.6 Å². The lowest BCUT2D eigenvalue weighted by atomic mass is 10.0. The van der Waals surface area contributed by atoms with E-state index >= 15 is 0 Å². The Morgan fingerprint density at radius 1 is 0.953 bits per heavy atom. The maximum absolute atomic E-state index is 14.1. The van der Waals surface area contributed by atoms with Crippen LogP contribution in [0.3, 0.4) is 0 Å². The van der Waals surface area contributed by atoms with E-state index in [0.29, 0.717) is 24.3 Å². The van der Waals surface area contributed by atoms with Gasteiger partial charge in [0.1, 0.15) is 11.8 Å². The average molecular weight is 606 g/mol. The van der Waals surface area contributed by atoms with Crippen LogP contribution in [-0.4, -0.2) is 57.1 Å². The number of nitrogens with zero attached hydrogens (tertiary/aromatic N) is 2. The molecule has 0 heterocycles. The molecule has 230 valence electrons. The van der Waals surface area contributed by atoms with E-state index in [2.05, 4.69) is 5.32 Å². The first-order chi connectivity index (χ1) is 20.7. The number of hydrogen-bond acceptors (Lipinski definition) is 5. The van der Waals surface area contributed by atoms with Gasteiger partial charge >= 0.3 is 0 Å². The smallest absolute Gasteiger partial charge is 0.243 e. The minimum Gasteiger partial charge on any atom is -0.497 e. The number of rotatable bonds is 14. The molecule has 1 aliphatic carbocycles. The number of carbonyl (C=O) groups is 2. The first-order valence-electron chi connectivity index (χ1n) is 15.0. The molecule has 0 radical (unpaired) electrons. The molecule has 1 N–H and O–H groups in total. The van der Waals surface area contributed by atoms with Crippen LogP contribution in [-0.2, 0) is 32.6 Å². The van der Waals surface area contributed by atoms with Crippen LogP contribution in [0, 0.1) is 6.92 Å². The fourth-order valence-corrected chi connectivity index (χ4v) is 6.74. The largest absolute Gasteiger partial charge is 0.497 e. The van der Waals surface area contributed by atoms with E-state index in [1.807, 2.05) is 73.7 Å². The van der Waals surface area contributed by atoms with Crippen molar-refractivity contribution in [2.75, 3.05) is 24.2 Å². The number of anilines is 1. The summed E-state index contributed by atoms with van der Waals surface area (Å²) in [5, 5.41) is 3.22. The Balaban J connectivity index is 1.60. The Labute approximate surface area is 256 Å². The standard InChI is InChI=1S/C34H43N3O5S/c1-26-13-7-10-20-31(26)37(43(3,40)41)22-12-21-33(38)36(25-28-16-11-19-30(23-28)42-2)32(24-27-14-5-4-6-15-27)34(39)35-29-17-8-9-18-29/h4-7,10-11,13-16,19-20,23,29,32H,8-9,12,17-18,21-22,24-25H2,1-3H3,(H,35,39)/t32-/m0/s1. The third-order valence-corrected chi connectivity index (χ3v) is 9.18. The van der Waals surface area contributed by atoms with Gasteiger partial charge in [-0.2, -0.15) is 0 Å². The maximum Gasteiger partial charge on any atom is 0.243 e. The number of amides is 2. The Hall–Kier alpha value is -3.85. The van der Waals surface area contributed by atoms with Crippen molar-refractivity contribution in [3.8, 4) is 5.75 Å². The van der Waals surface area contributed by atoms with Gasteiger partial charge < -0.3 is 15.0 Å². The molecule has 43 heavy (non-hydrogen) atoms. The molecule has 9 heteroatoms. The number of carbonyl (C=O) groups excluding carboxylic acids is 2. The van der Waals surface area contributed by atoms with Gasteiger partial charge in [0.05, 0.1) is 19.1 Å². The minimum absolute atomic E-state index is 0.0872. The summed E-state index contributed by atoms with van der Waals surface area (Å²) in [6.45, 7) is 2.24. The van der Waals surface area contributed by atoms with Crippen molar-refractivity contribution < 1.29 is 22.7 Å². The zero-order valence-corrected chi connectivity index (χ0v) is 26.2. The summed E-state index contributed by atoms with van der Waals surface area (Å²) in [5.74, 6) is 0.301. The fraction of sp³-hybridized carbons (Fsp3) is 0.412. The van der Waals surface area contributed by atoms with Gasteiger partial charge in [0, 0.05) is 32.0 Å². The third kappa shape index (κ3) is 9.07. The Morgan fingerprint density at radius 2 is 1.63 bits per heavy atom. The van der Waals surface area contributed by atoms with Gasteiger partial charge in [-0.15, -0.1) is 0 Å². The van der Waals surface area contributed by atoms with E-state index in [0.717, 1.165) is 42.4 Å². The van der Waals surface area contributed by atoms with Gasteiger partial charge in [-0.3, -0.25) is 13.9 Å². The maximum atomic E-state index is 14.1. The molecule has 0 aliphatic heterocycles. The van der Waals surface area contributed by atoms with Crippen LogP contribution in [0.25, 0.3) is 0 Å². The molecule has 1 saturated carbocycles. The van der Waals surface area contributed by atoms with E-state index in [-0.39, 0.29) is 37.4 Å². The van der Waals surface area contributed by atoms with Crippen molar-refractivity contribution in [1.82, 2.24) is 10.2 Å². The highest BCUT2D eigenvalue weighted by molar-refractivity contribution is 7.92. The molecular weight excluding hydrogens is 562 g/mol. The molecule has 1 aliphatic rings. The summed E-state index contributed by atoms with van der Waals surface area (Å²) in [6.07, 6.45) is 5.98. The molecule has 3 aromatic carbocycles. The lowest BCUT2D eigenvalue weighted by Crippen LogP contribution is -2.52. The number of nitrogens with one attached hydrogen (secondary N) is 1. The zero-order chi connectivity index (χ0) is 30.8. The number of para-hydroxylation sites is 1. The van der Waals surface area contributed by atoms with Crippen LogP contribution in [0.15, 0.2) is 78.9 Å². The van der Waals surface area contributed by atoms with Gasteiger partial charge in [0.25, 0.3) is 0 Å². The molecular formula is C34H43N3O5S. The van der Waals surface area contributed by atoms with E-state index in [1.54, 1.807) is 24.1 Å². The minimum atomic E-state index is -3.57. The van der Waals surface area contributed by atoms with Crippen molar-refractivity contribution in [3.63, 3.8) is 0 Å². The summed E-state index contributed by atoms with van der Waals surface area (Å²) >= 11 is 0. The second kappa shape index (κ2) is 15.0. The number of benzene rings is 3. The Bertz CT molecular complexity index is 1470. The Kier molecular flexibility index (Phi) is 11.2. The summed E-state index contributed by atoms with van der Waals surface area (Å²) in [7, 11) is -1.97. The van der Waals surface area contributed by atoms with Crippen molar-refractivity contribution in [2.45, 2.75) is 70.5 Å². The SMILES string of the molecule is COc1cccc(CN(C(=O)CCCN(c2ccccc2C)S(C)(=O)=O)[C@@H](Cc2ccccc2)C(=O)NC2CCCC2)c1. The second-order valence-electron chi connectivity index (χ2n) is 11.3. The summed E-state index contributed by atoms with van der Waals surface area (Å²) < 4.78 is 32.2. The number of methoxy groups -OCH3 is 1. The molecule has 8 nitrogen and oxygen atoms in total. The summed E-state index contributed by atoms with van der Waals surface area (Å²) in [4.78, 5) is 29.6. The number of aryl methyl sites for hydroxylation is 1. The molecule has 0 saturated heterocycles. The van der Waals surface area contributed by atoms with Crippen molar-refractivity contribution in [2.24, 2.45) is 0 Å². The number of sulfonamides is 1. The Morgan fingerprint density at radius 3 is 2.30 bits per heavy atom.